The summed E-state index contributed by atoms with van der Waals surface area (Å²) in [6, 6.07) is 20.0. The molecule has 1 amide bonds. The van der Waals surface area contributed by atoms with Gasteiger partial charge in [-0.3, -0.25) is 9.10 Å². The minimum absolute atomic E-state index is 0.0348. The first kappa shape index (κ1) is 24.2. The number of hydrogen-bond acceptors (Lipinski definition) is 7. The molecule has 1 aliphatic rings. The van der Waals surface area contributed by atoms with Crippen molar-refractivity contribution in [2.24, 2.45) is 0 Å². The van der Waals surface area contributed by atoms with E-state index in [-0.39, 0.29) is 23.8 Å². The Morgan fingerprint density at radius 1 is 0.971 bits per heavy atom. The van der Waals surface area contributed by atoms with Crippen molar-refractivity contribution < 1.29 is 32.2 Å². The Hall–Kier alpha value is -3.92. The molecule has 0 spiro atoms. The molecular formula is C25H26N2O7S. The summed E-state index contributed by atoms with van der Waals surface area (Å²) in [6.45, 7) is 0.000688. The summed E-state index contributed by atoms with van der Waals surface area (Å²) < 4.78 is 50.2. The lowest BCUT2D eigenvalue weighted by molar-refractivity contribution is -0.120. The molecule has 184 valence electrons. The van der Waals surface area contributed by atoms with Crippen LogP contribution in [0.15, 0.2) is 77.7 Å². The normalized spacial score (nSPS) is 14.6. The molecule has 1 heterocycles. The number of hydrogen-bond donors (Lipinski definition) is 1. The highest BCUT2D eigenvalue weighted by Gasteiger charge is 2.29. The van der Waals surface area contributed by atoms with Crippen LogP contribution in [0.2, 0.25) is 0 Å². The quantitative estimate of drug-likeness (QED) is 0.484. The van der Waals surface area contributed by atoms with Gasteiger partial charge in [-0.1, -0.05) is 30.3 Å². The number of nitrogens with zero attached hydrogens (tertiary/aromatic N) is 1. The Kier molecular flexibility index (Phi) is 7.31. The fourth-order valence-corrected chi connectivity index (χ4v) is 5.03. The predicted molar refractivity (Wildman–Crippen MR) is 130 cm³/mol. The number of methoxy groups -OCH3 is 2. The zero-order valence-corrected chi connectivity index (χ0v) is 20.2. The third-order valence-corrected chi connectivity index (χ3v) is 7.14. The Bertz CT molecular complexity index is 1280. The number of benzene rings is 3. The van der Waals surface area contributed by atoms with E-state index in [4.69, 9.17) is 18.9 Å². The van der Waals surface area contributed by atoms with Gasteiger partial charge in [0.2, 0.25) is 5.91 Å². The largest absolute Gasteiger partial charge is 0.493 e. The summed E-state index contributed by atoms with van der Waals surface area (Å²) >= 11 is 0. The Morgan fingerprint density at radius 2 is 1.66 bits per heavy atom. The van der Waals surface area contributed by atoms with Crippen LogP contribution in [-0.4, -0.2) is 54.3 Å². The van der Waals surface area contributed by atoms with Crippen LogP contribution in [0, 0.1) is 0 Å². The number of rotatable bonds is 9. The summed E-state index contributed by atoms with van der Waals surface area (Å²) in [4.78, 5) is 12.8. The fraction of sp³-hybridized carbons (Fsp3) is 0.240. The van der Waals surface area contributed by atoms with Crippen LogP contribution < -0.4 is 28.6 Å². The molecule has 0 fully saturated rings. The number of para-hydroxylation sites is 3. The second kappa shape index (κ2) is 10.6. The number of nitrogens with one attached hydrogen (secondary N) is 1. The van der Waals surface area contributed by atoms with Gasteiger partial charge in [0.15, 0.2) is 23.0 Å². The maximum absolute atomic E-state index is 13.6. The molecule has 0 radical (unpaired) electrons. The van der Waals surface area contributed by atoms with Crippen molar-refractivity contribution in [3.63, 3.8) is 0 Å². The number of amides is 1. The SMILES string of the molecule is COc1ccc(S(=O)(=O)N(CC(=O)NC[C@@H]2COc3ccccc3O2)c2ccccc2)cc1OC. The van der Waals surface area contributed by atoms with Crippen LogP contribution in [0.4, 0.5) is 5.69 Å². The average molecular weight is 499 g/mol. The Balaban J connectivity index is 1.51. The number of carbonyl (C=O) groups excluding carboxylic acids is 1. The Labute approximate surface area is 204 Å². The van der Waals surface area contributed by atoms with E-state index in [0.29, 0.717) is 22.9 Å². The summed E-state index contributed by atoms with van der Waals surface area (Å²) in [7, 11) is -1.22. The molecule has 0 bridgehead atoms. The van der Waals surface area contributed by atoms with E-state index in [1.165, 1.54) is 32.4 Å². The molecular weight excluding hydrogens is 472 g/mol. The highest BCUT2D eigenvalue weighted by atomic mass is 32.2. The maximum Gasteiger partial charge on any atom is 0.264 e. The lowest BCUT2D eigenvalue weighted by Gasteiger charge is -2.27. The molecule has 0 unspecified atom stereocenters. The van der Waals surface area contributed by atoms with Crippen LogP contribution >= 0.6 is 0 Å². The third-order valence-electron chi connectivity index (χ3n) is 5.37. The number of anilines is 1. The van der Waals surface area contributed by atoms with Gasteiger partial charge in [0, 0.05) is 6.07 Å². The van der Waals surface area contributed by atoms with Crippen LogP contribution in [0.5, 0.6) is 23.0 Å². The van der Waals surface area contributed by atoms with Crippen molar-refractivity contribution in [2.75, 3.05) is 38.2 Å². The standard InChI is InChI=1S/C25H26N2O7S/c1-31-21-13-12-20(14-24(21)32-2)35(29,30)27(18-8-4-3-5-9-18)16-25(28)26-15-19-17-33-22-10-6-7-11-23(22)34-19/h3-14,19H,15-17H2,1-2H3,(H,26,28)/t19-/m1/s1. The first-order chi connectivity index (χ1) is 16.9. The van der Waals surface area contributed by atoms with Gasteiger partial charge < -0.3 is 24.3 Å². The minimum atomic E-state index is -4.11. The third kappa shape index (κ3) is 5.43. The van der Waals surface area contributed by atoms with Gasteiger partial charge in [0.1, 0.15) is 19.3 Å². The highest BCUT2D eigenvalue weighted by Crippen LogP contribution is 2.32. The second-order valence-corrected chi connectivity index (χ2v) is 9.53. The predicted octanol–water partition coefficient (Wildman–Crippen LogP) is 2.86. The fourth-order valence-electron chi connectivity index (χ4n) is 3.59. The van der Waals surface area contributed by atoms with Crippen molar-refractivity contribution in [3.05, 3.63) is 72.8 Å². The van der Waals surface area contributed by atoms with Gasteiger partial charge in [0.05, 0.1) is 31.3 Å². The molecule has 9 nitrogen and oxygen atoms in total. The number of sulfonamides is 1. The van der Waals surface area contributed by atoms with E-state index in [1.54, 1.807) is 42.5 Å². The molecule has 0 aromatic heterocycles. The van der Waals surface area contributed by atoms with Crippen LogP contribution in [0.1, 0.15) is 0 Å². The van der Waals surface area contributed by atoms with Crippen LogP contribution in [0.25, 0.3) is 0 Å². The minimum Gasteiger partial charge on any atom is -0.493 e. The lowest BCUT2D eigenvalue weighted by Crippen LogP contribution is -2.45. The van der Waals surface area contributed by atoms with Crippen LogP contribution in [0.3, 0.4) is 0 Å². The number of ether oxygens (including phenoxy) is 4. The molecule has 0 saturated heterocycles. The highest BCUT2D eigenvalue weighted by molar-refractivity contribution is 7.92. The van der Waals surface area contributed by atoms with E-state index in [1.807, 2.05) is 12.1 Å². The first-order valence-corrected chi connectivity index (χ1v) is 12.3. The van der Waals surface area contributed by atoms with Gasteiger partial charge >= 0.3 is 0 Å². The van der Waals surface area contributed by atoms with Gasteiger partial charge in [-0.15, -0.1) is 0 Å². The van der Waals surface area contributed by atoms with Gasteiger partial charge in [-0.05, 0) is 36.4 Å². The molecule has 4 rings (SSSR count). The molecule has 10 heteroatoms. The summed E-state index contributed by atoms with van der Waals surface area (Å²) in [5, 5.41) is 2.75. The number of fused-ring (bicyclic) bond motifs is 1. The van der Waals surface area contributed by atoms with E-state index in [2.05, 4.69) is 5.32 Å². The Morgan fingerprint density at radius 3 is 2.37 bits per heavy atom. The maximum atomic E-state index is 13.6. The van der Waals surface area contributed by atoms with Crippen molar-refractivity contribution in [1.29, 1.82) is 0 Å². The monoisotopic (exact) mass is 498 g/mol. The molecule has 0 aliphatic carbocycles. The molecule has 35 heavy (non-hydrogen) atoms. The molecule has 1 atom stereocenters. The van der Waals surface area contributed by atoms with Crippen molar-refractivity contribution in [1.82, 2.24) is 5.32 Å². The first-order valence-electron chi connectivity index (χ1n) is 10.9. The molecule has 3 aromatic carbocycles. The lowest BCUT2D eigenvalue weighted by atomic mass is 10.2. The van der Waals surface area contributed by atoms with Crippen molar-refractivity contribution in [3.8, 4) is 23.0 Å². The van der Waals surface area contributed by atoms with Gasteiger partial charge in [-0.25, -0.2) is 8.42 Å². The molecule has 1 aliphatic heterocycles. The van der Waals surface area contributed by atoms with E-state index in [0.717, 1.165) is 4.31 Å². The molecule has 1 N–H and O–H groups in total. The smallest absolute Gasteiger partial charge is 0.264 e. The van der Waals surface area contributed by atoms with Crippen LogP contribution in [-0.2, 0) is 14.8 Å². The van der Waals surface area contributed by atoms with Gasteiger partial charge in [-0.2, -0.15) is 0 Å². The summed E-state index contributed by atoms with van der Waals surface area (Å²) in [6.07, 6.45) is -0.401. The van der Waals surface area contributed by atoms with E-state index in [9.17, 15) is 13.2 Å². The zero-order valence-electron chi connectivity index (χ0n) is 19.3. The van der Waals surface area contributed by atoms with E-state index >= 15 is 0 Å². The molecule has 3 aromatic rings. The zero-order chi connectivity index (χ0) is 24.8. The van der Waals surface area contributed by atoms with Gasteiger partial charge in [0.25, 0.3) is 10.0 Å². The summed E-state index contributed by atoms with van der Waals surface area (Å²) in [5.74, 6) is 1.42. The topological polar surface area (TPSA) is 103 Å². The average Bonchev–Trinajstić information content (AvgIpc) is 2.90. The number of carbonyl (C=O) groups is 1. The van der Waals surface area contributed by atoms with E-state index < -0.39 is 28.6 Å². The summed E-state index contributed by atoms with van der Waals surface area (Å²) in [5.41, 5.74) is 0.351. The second-order valence-electron chi connectivity index (χ2n) is 7.67. The van der Waals surface area contributed by atoms with Crippen molar-refractivity contribution in [2.45, 2.75) is 11.0 Å². The van der Waals surface area contributed by atoms with Crippen molar-refractivity contribution >= 4 is 21.6 Å². The molecule has 0 saturated carbocycles.